The maximum absolute atomic E-state index is 12.6. The quantitative estimate of drug-likeness (QED) is 0.673. The van der Waals surface area contributed by atoms with Crippen LogP contribution in [-0.2, 0) is 0 Å². The molecule has 0 atom stereocenters. The number of carbonyl (C=O) groups is 1. The van der Waals surface area contributed by atoms with Gasteiger partial charge in [-0.25, -0.2) is 4.98 Å². The molecule has 4 nitrogen and oxygen atoms in total. The van der Waals surface area contributed by atoms with Gasteiger partial charge in [-0.05, 0) is 24.3 Å². The smallest absolute Gasteiger partial charge is 0.274 e. The number of piperidine rings is 1. The van der Waals surface area contributed by atoms with Gasteiger partial charge in [-0.1, -0.05) is 47.2 Å². The maximum Gasteiger partial charge on any atom is 0.274 e. The predicted molar refractivity (Wildman–Crippen MR) is 101 cm³/mol. The summed E-state index contributed by atoms with van der Waals surface area (Å²) in [4.78, 5) is 19.0. The second-order valence-corrected chi connectivity index (χ2v) is 7.44. The topological polar surface area (TPSA) is 42.4 Å². The van der Waals surface area contributed by atoms with Crippen molar-refractivity contribution in [3.63, 3.8) is 0 Å². The summed E-state index contributed by atoms with van der Waals surface area (Å²) in [5.74, 6) is -0.0102. The number of ether oxygens (including phenoxy) is 1. The zero-order chi connectivity index (χ0) is 17.2. The Balaban J connectivity index is 1.38. The summed E-state index contributed by atoms with van der Waals surface area (Å²) in [6, 6.07) is 15.2. The minimum absolute atomic E-state index is 0.0102. The number of halogens is 1. The number of amides is 1. The van der Waals surface area contributed by atoms with Gasteiger partial charge in [-0.2, -0.15) is 0 Å². The van der Waals surface area contributed by atoms with Crippen LogP contribution in [0.15, 0.2) is 48.5 Å². The van der Waals surface area contributed by atoms with Crippen molar-refractivity contribution in [3.05, 3.63) is 59.1 Å². The highest BCUT2D eigenvalue weighted by molar-refractivity contribution is 7.20. The first-order valence-corrected chi connectivity index (χ1v) is 9.46. The summed E-state index contributed by atoms with van der Waals surface area (Å²) in [5, 5.41) is 1.21. The van der Waals surface area contributed by atoms with Crippen LogP contribution in [0, 0.1) is 0 Å². The molecule has 128 valence electrons. The Labute approximate surface area is 155 Å². The molecule has 1 aliphatic heterocycles. The number of hydrogen-bond donors (Lipinski definition) is 0. The Hall–Kier alpha value is -2.11. The normalized spacial score (nSPS) is 15.5. The van der Waals surface area contributed by atoms with Gasteiger partial charge in [-0.3, -0.25) is 4.79 Å². The second-order valence-electron chi connectivity index (χ2n) is 6.04. The van der Waals surface area contributed by atoms with Gasteiger partial charge in [0, 0.05) is 25.9 Å². The van der Waals surface area contributed by atoms with Crippen LogP contribution in [0.4, 0.5) is 0 Å². The van der Waals surface area contributed by atoms with E-state index >= 15 is 0 Å². The summed E-state index contributed by atoms with van der Waals surface area (Å²) >= 11 is 7.70. The molecule has 6 heteroatoms. The lowest BCUT2D eigenvalue weighted by molar-refractivity contribution is 0.0595. The van der Waals surface area contributed by atoms with Crippen molar-refractivity contribution in [2.75, 3.05) is 13.1 Å². The zero-order valence-corrected chi connectivity index (χ0v) is 15.1. The monoisotopic (exact) mass is 372 g/mol. The molecule has 0 saturated carbocycles. The lowest BCUT2D eigenvalue weighted by atomic mass is 10.1. The maximum atomic E-state index is 12.6. The van der Waals surface area contributed by atoms with E-state index < -0.39 is 0 Å². The number of para-hydroxylation sites is 1. The largest absolute Gasteiger partial charge is 0.467 e. The molecule has 3 aromatic rings. The fourth-order valence-corrected chi connectivity index (χ4v) is 4.12. The Bertz CT molecular complexity index is 870. The standard InChI is InChI=1S/C19H17ClN2O2S/c20-15-6-2-1-5-14(15)18(23)22-11-9-13(10-12-22)24-19-21-16-7-3-4-8-17(16)25-19/h1-8,13H,9-12H2. The van der Waals surface area contributed by atoms with Gasteiger partial charge in [0.25, 0.3) is 11.1 Å². The van der Waals surface area contributed by atoms with E-state index in [0.717, 1.165) is 23.1 Å². The van der Waals surface area contributed by atoms with Gasteiger partial charge >= 0.3 is 0 Å². The van der Waals surface area contributed by atoms with Gasteiger partial charge in [0.15, 0.2) is 0 Å². The first kappa shape index (κ1) is 16.4. The van der Waals surface area contributed by atoms with E-state index in [0.29, 0.717) is 28.9 Å². The number of carbonyl (C=O) groups excluding carboxylic acids is 1. The van der Waals surface area contributed by atoms with Crippen molar-refractivity contribution in [2.24, 2.45) is 0 Å². The third-order valence-corrected chi connectivity index (χ3v) is 5.63. The Morgan fingerprint density at radius 1 is 1.12 bits per heavy atom. The van der Waals surface area contributed by atoms with Crippen LogP contribution in [0.3, 0.4) is 0 Å². The minimum Gasteiger partial charge on any atom is -0.467 e. The average molecular weight is 373 g/mol. The lowest BCUT2D eigenvalue weighted by Crippen LogP contribution is -2.41. The number of nitrogens with zero attached hydrogens (tertiary/aromatic N) is 2. The van der Waals surface area contributed by atoms with Crippen LogP contribution >= 0.6 is 22.9 Å². The molecule has 1 aromatic heterocycles. The van der Waals surface area contributed by atoms with Crippen molar-refractivity contribution in [2.45, 2.75) is 18.9 Å². The zero-order valence-electron chi connectivity index (χ0n) is 13.5. The number of aromatic nitrogens is 1. The van der Waals surface area contributed by atoms with Crippen molar-refractivity contribution in [3.8, 4) is 5.19 Å². The van der Waals surface area contributed by atoms with Crippen LogP contribution in [0.1, 0.15) is 23.2 Å². The number of benzene rings is 2. The summed E-state index contributed by atoms with van der Waals surface area (Å²) in [6.45, 7) is 1.33. The van der Waals surface area contributed by atoms with Crippen LogP contribution in [-0.4, -0.2) is 35.0 Å². The first-order chi connectivity index (χ1) is 12.2. The van der Waals surface area contributed by atoms with E-state index in [-0.39, 0.29) is 12.0 Å². The van der Waals surface area contributed by atoms with Gasteiger partial charge in [0.2, 0.25) is 0 Å². The first-order valence-electron chi connectivity index (χ1n) is 8.27. The molecule has 0 radical (unpaired) electrons. The second kappa shape index (κ2) is 7.02. The molecular formula is C19H17ClN2O2S. The minimum atomic E-state index is -0.0102. The number of rotatable bonds is 3. The van der Waals surface area contributed by atoms with Crippen molar-refractivity contribution in [1.29, 1.82) is 0 Å². The van der Waals surface area contributed by atoms with Crippen molar-refractivity contribution >= 4 is 39.1 Å². The third kappa shape index (κ3) is 3.48. The average Bonchev–Trinajstić information content (AvgIpc) is 3.04. The van der Waals surface area contributed by atoms with Gasteiger partial charge in [0.1, 0.15) is 6.10 Å². The number of thiazole rings is 1. The molecule has 0 N–H and O–H groups in total. The summed E-state index contributed by atoms with van der Waals surface area (Å²) in [5.41, 5.74) is 1.53. The van der Waals surface area contributed by atoms with Crippen LogP contribution in [0.2, 0.25) is 5.02 Å². The number of likely N-dealkylation sites (tertiary alicyclic amines) is 1. The molecule has 2 aromatic carbocycles. The summed E-state index contributed by atoms with van der Waals surface area (Å²) in [7, 11) is 0. The van der Waals surface area contributed by atoms with E-state index in [1.54, 1.807) is 23.5 Å². The molecule has 1 fully saturated rings. The fraction of sp³-hybridized carbons (Fsp3) is 0.263. The van der Waals surface area contributed by atoms with E-state index in [4.69, 9.17) is 16.3 Å². The highest BCUT2D eigenvalue weighted by atomic mass is 35.5. The Morgan fingerprint density at radius 3 is 2.60 bits per heavy atom. The summed E-state index contributed by atoms with van der Waals surface area (Å²) < 4.78 is 7.17. The Kier molecular flexibility index (Phi) is 4.59. The van der Waals surface area contributed by atoms with Crippen LogP contribution in [0.5, 0.6) is 5.19 Å². The van der Waals surface area contributed by atoms with Gasteiger partial charge in [0.05, 0.1) is 20.8 Å². The molecular weight excluding hydrogens is 356 g/mol. The molecule has 1 amide bonds. The van der Waals surface area contributed by atoms with Gasteiger partial charge < -0.3 is 9.64 Å². The van der Waals surface area contributed by atoms with E-state index in [9.17, 15) is 4.79 Å². The van der Waals surface area contributed by atoms with Crippen LogP contribution in [0.25, 0.3) is 10.2 Å². The highest BCUT2D eigenvalue weighted by Crippen LogP contribution is 2.30. The van der Waals surface area contributed by atoms with Crippen molar-refractivity contribution in [1.82, 2.24) is 9.88 Å². The Morgan fingerprint density at radius 2 is 1.84 bits per heavy atom. The molecule has 1 aliphatic rings. The van der Waals surface area contributed by atoms with E-state index in [1.165, 1.54) is 0 Å². The third-order valence-electron chi connectivity index (χ3n) is 4.38. The molecule has 25 heavy (non-hydrogen) atoms. The number of hydrogen-bond acceptors (Lipinski definition) is 4. The lowest BCUT2D eigenvalue weighted by Gasteiger charge is -2.31. The predicted octanol–water partition coefficient (Wildman–Crippen LogP) is 4.63. The molecule has 1 saturated heterocycles. The molecule has 0 bridgehead atoms. The SMILES string of the molecule is O=C(c1ccccc1Cl)N1CCC(Oc2nc3ccccc3s2)CC1. The molecule has 2 heterocycles. The number of fused-ring (bicyclic) bond motifs is 1. The van der Waals surface area contributed by atoms with Crippen LogP contribution < -0.4 is 4.74 Å². The molecule has 0 spiro atoms. The molecule has 0 unspecified atom stereocenters. The fourth-order valence-electron chi connectivity index (χ4n) is 3.03. The van der Waals surface area contributed by atoms with Crippen molar-refractivity contribution < 1.29 is 9.53 Å². The summed E-state index contributed by atoms with van der Waals surface area (Å²) in [6.07, 6.45) is 1.69. The van der Waals surface area contributed by atoms with E-state index in [2.05, 4.69) is 4.98 Å². The molecule has 0 aliphatic carbocycles. The van der Waals surface area contributed by atoms with E-state index in [1.807, 2.05) is 41.3 Å². The van der Waals surface area contributed by atoms with Gasteiger partial charge in [-0.15, -0.1) is 0 Å². The molecule has 4 rings (SSSR count). The highest BCUT2D eigenvalue weighted by Gasteiger charge is 2.26.